The lowest BCUT2D eigenvalue weighted by atomic mass is 9.98. The quantitative estimate of drug-likeness (QED) is 0.846. The van der Waals surface area contributed by atoms with E-state index in [0.717, 1.165) is 31.7 Å². The first-order valence-electron chi connectivity index (χ1n) is 8.16. The SMILES string of the molecule is O=C(Nc1cccnc1N1CCC(CO)CC1)c1cccc(Cl)c1Cl. The minimum absolute atomic E-state index is 0.215. The van der Waals surface area contributed by atoms with Crippen LogP contribution in [0.15, 0.2) is 36.5 Å². The lowest BCUT2D eigenvalue weighted by Crippen LogP contribution is -2.35. The zero-order valence-electron chi connectivity index (χ0n) is 13.6. The number of aromatic nitrogens is 1. The van der Waals surface area contributed by atoms with Gasteiger partial charge in [0.15, 0.2) is 5.82 Å². The Hall–Kier alpha value is -1.82. The number of benzene rings is 1. The summed E-state index contributed by atoms with van der Waals surface area (Å²) in [4.78, 5) is 19.1. The predicted octanol–water partition coefficient (Wildman–Crippen LogP) is 3.85. The minimum Gasteiger partial charge on any atom is -0.396 e. The predicted molar refractivity (Wildman–Crippen MR) is 101 cm³/mol. The third-order valence-electron chi connectivity index (χ3n) is 4.40. The van der Waals surface area contributed by atoms with Gasteiger partial charge in [0.2, 0.25) is 0 Å². The van der Waals surface area contributed by atoms with Gasteiger partial charge in [-0.1, -0.05) is 29.3 Å². The Morgan fingerprint density at radius 2 is 2.00 bits per heavy atom. The van der Waals surface area contributed by atoms with Crippen LogP contribution in [-0.4, -0.2) is 35.7 Å². The van der Waals surface area contributed by atoms with Gasteiger partial charge in [0.25, 0.3) is 5.91 Å². The highest BCUT2D eigenvalue weighted by Gasteiger charge is 2.22. The van der Waals surface area contributed by atoms with Gasteiger partial charge in [0.1, 0.15) is 0 Å². The highest BCUT2D eigenvalue weighted by atomic mass is 35.5. The molecule has 2 aromatic rings. The van der Waals surface area contributed by atoms with Crippen LogP contribution in [-0.2, 0) is 0 Å². The molecule has 3 rings (SSSR count). The second-order valence-electron chi connectivity index (χ2n) is 6.04. The molecular weight excluding hydrogens is 361 g/mol. The summed E-state index contributed by atoms with van der Waals surface area (Å²) in [7, 11) is 0. The van der Waals surface area contributed by atoms with E-state index in [0.29, 0.717) is 22.2 Å². The molecule has 2 heterocycles. The van der Waals surface area contributed by atoms with Crippen LogP contribution in [0, 0.1) is 5.92 Å². The molecular formula is C18H19Cl2N3O2. The number of rotatable bonds is 4. The van der Waals surface area contributed by atoms with Crippen LogP contribution in [0.1, 0.15) is 23.2 Å². The Morgan fingerprint density at radius 3 is 2.72 bits per heavy atom. The van der Waals surface area contributed by atoms with Gasteiger partial charge in [-0.25, -0.2) is 4.98 Å². The largest absolute Gasteiger partial charge is 0.396 e. The average Bonchev–Trinajstić information content (AvgIpc) is 2.64. The van der Waals surface area contributed by atoms with Gasteiger partial charge in [-0.15, -0.1) is 0 Å². The molecule has 7 heteroatoms. The van der Waals surface area contributed by atoms with Gasteiger partial charge in [-0.2, -0.15) is 0 Å². The van der Waals surface area contributed by atoms with Gasteiger partial charge < -0.3 is 15.3 Å². The van der Waals surface area contributed by atoms with Crippen molar-refractivity contribution < 1.29 is 9.90 Å². The molecule has 0 spiro atoms. The summed E-state index contributed by atoms with van der Waals surface area (Å²) in [6.45, 7) is 1.80. The van der Waals surface area contributed by atoms with Crippen LogP contribution >= 0.6 is 23.2 Å². The van der Waals surface area contributed by atoms with Crippen molar-refractivity contribution in [3.05, 3.63) is 52.1 Å². The lowest BCUT2D eigenvalue weighted by molar-refractivity contribution is 0.102. The summed E-state index contributed by atoms with van der Waals surface area (Å²) in [6.07, 6.45) is 3.51. The van der Waals surface area contributed by atoms with E-state index in [1.165, 1.54) is 0 Å². The molecule has 132 valence electrons. The van der Waals surface area contributed by atoms with Gasteiger partial charge >= 0.3 is 0 Å². The van der Waals surface area contributed by atoms with Crippen LogP contribution in [0.25, 0.3) is 0 Å². The number of amides is 1. The molecule has 0 atom stereocenters. The monoisotopic (exact) mass is 379 g/mol. The van der Waals surface area contributed by atoms with E-state index in [9.17, 15) is 9.90 Å². The van der Waals surface area contributed by atoms with E-state index in [1.807, 2.05) is 6.07 Å². The maximum atomic E-state index is 12.6. The van der Waals surface area contributed by atoms with Crippen LogP contribution in [0.5, 0.6) is 0 Å². The normalized spacial score (nSPS) is 15.2. The van der Waals surface area contributed by atoms with E-state index < -0.39 is 0 Å². The number of hydrogen-bond donors (Lipinski definition) is 2. The molecule has 1 fully saturated rings. The van der Waals surface area contributed by atoms with E-state index in [4.69, 9.17) is 23.2 Å². The molecule has 0 aliphatic carbocycles. The summed E-state index contributed by atoms with van der Waals surface area (Å²) in [5.41, 5.74) is 0.953. The second kappa shape index (κ2) is 8.04. The van der Waals surface area contributed by atoms with Crippen molar-refractivity contribution in [2.75, 3.05) is 29.9 Å². The minimum atomic E-state index is -0.327. The third kappa shape index (κ3) is 4.06. The fourth-order valence-electron chi connectivity index (χ4n) is 2.94. The molecule has 0 saturated carbocycles. The third-order valence-corrected chi connectivity index (χ3v) is 5.22. The van der Waals surface area contributed by atoms with Crippen LogP contribution in [0.2, 0.25) is 10.0 Å². The van der Waals surface area contributed by atoms with Gasteiger partial charge in [0, 0.05) is 25.9 Å². The summed E-state index contributed by atoms with van der Waals surface area (Å²) in [5, 5.41) is 12.7. The molecule has 0 radical (unpaired) electrons. The standard InChI is InChI=1S/C18H19Cl2N3O2/c19-14-4-1-3-13(16(14)20)18(25)22-15-5-2-8-21-17(15)23-9-6-12(11-24)7-10-23/h1-5,8,12,24H,6-7,9-11H2,(H,22,25). The highest BCUT2D eigenvalue weighted by molar-refractivity contribution is 6.44. The van der Waals surface area contributed by atoms with E-state index in [2.05, 4.69) is 15.2 Å². The number of anilines is 2. The average molecular weight is 380 g/mol. The first-order chi connectivity index (χ1) is 12.1. The maximum Gasteiger partial charge on any atom is 0.257 e. The van der Waals surface area contributed by atoms with Crippen molar-refractivity contribution in [2.24, 2.45) is 5.92 Å². The van der Waals surface area contributed by atoms with Crippen molar-refractivity contribution in [3.63, 3.8) is 0 Å². The van der Waals surface area contributed by atoms with Crippen molar-refractivity contribution >= 4 is 40.6 Å². The number of aliphatic hydroxyl groups excluding tert-OH is 1. The summed E-state index contributed by atoms with van der Waals surface area (Å²) >= 11 is 12.1. The Balaban J connectivity index is 1.79. The van der Waals surface area contributed by atoms with Crippen LogP contribution in [0.3, 0.4) is 0 Å². The summed E-state index contributed by atoms with van der Waals surface area (Å²) < 4.78 is 0. The highest BCUT2D eigenvalue weighted by Crippen LogP contribution is 2.30. The van der Waals surface area contributed by atoms with Crippen LogP contribution in [0.4, 0.5) is 11.5 Å². The molecule has 1 amide bonds. The van der Waals surface area contributed by atoms with Crippen molar-refractivity contribution in [3.8, 4) is 0 Å². The Kier molecular flexibility index (Phi) is 5.78. The molecule has 0 unspecified atom stereocenters. The number of carbonyl (C=O) groups excluding carboxylic acids is 1. The smallest absolute Gasteiger partial charge is 0.257 e. The number of hydrogen-bond acceptors (Lipinski definition) is 4. The molecule has 25 heavy (non-hydrogen) atoms. The number of carbonyl (C=O) groups is 1. The van der Waals surface area contributed by atoms with Crippen LogP contribution < -0.4 is 10.2 Å². The van der Waals surface area contributed by atoms with Crippen molar-refractivity contribution in [2.45, 2.75) is 12.8 Å². The number of pyridine rings is 1. The van der Waals surface area contributed by atoms with E-state index in [1.54, 1.807) is 30.5 Å². The second-order valence-corrected chi connectivity index (χ2v) is 6.83. The van der Waals surface area contributed by atoms with Crippen molar-refractivity contribution in [1.82, 2.24) is 4.98 Å². The Morgan fingerprint density at radius 1 is 1.24 bits per heavy atom. The van der Waals surface area contributed by atoms with Gasteiger partial charge in [-0.3, -0.25) is 4.79 Å². The fraction of sp³-hybridized carbons (Fsp3) is 0.333. The lowest BCUT2D eigenvalue weighted by Gasteiger charge is -2.33. The van der Waals surface area contributed by atoms with Crippen molar-refractivity contribution in [1.29, 1.82) is 0 Å². The number of halogens is 2. The number of nitrogens with zero attached hydrogens (tertiary/aromatic N) is 2. The number of nitrogens with one attached hydrogen (secondary N) is 1. The molecule has 2 N–H and O–H groups in total. The van der Waals surface area contributed by atoms with E-state index >= 15 is 0 Å². The molecule has 0 bridgehead atoms. The fourth-order valence-corrected chi connectivity index (χ4v) is 3.33. The zero-order chi connectivity index (χ0) is 17.8. The van der Waals surface area contributed by atoms with Gasteiger partial charge in [0.05, 0.1) is 21.3 Å². The summed E-state index contributed by atoms with van der Waals surface area (Å²) in [5.74, 6) is 0.737. The molecule has 1 aromatic heterocycles. The molecule has 1 aliphatic heterocycles. The molecule has 5 nitrogen and oxygen atoms in total. The number of aliphatic hydroxyl groups is 1. The summed E-state index contributed by atoms with van der Waals surface area (Å²) in [6, 6.07) is 8.55. The Labute approximate surface area is 156 Å². The van der Waals surface area contributed by atoms with E-state index in [-0.39, 0.29) is 17.5 Å². The van der Waals surface area contributed by atoms with Gasteiger partial charge in [-0.05, 0) is 43.0 Å². The first-order valence-corrected chi connectivity index (χ1v) is 8.92. The topological polar surface area (TPSA) is 65.5 Å². The Bertz CT molecular complexity index is 762. The molecule has 1 saturated heterocycles. The maximum absolute atomic E-state index is 12.6. The zero-order valence-corrected chi connectivity index (χ0v) is 15.1. The number of piperidine rings is 1. The molecule has 1 aliphatic rings. The first kappa shape index (κ1) is 18.0. The molecule has 1 aromatic carbocycles.